The van der Waals surface area contributed by atoms with Gasteiger partial charge in [0.05, 0.1) is 4.92 Å². The number of non-ortho nitro benzene ring substituents is 1. The lowest BCUT2D eigenvalue weighted by Crippen LogP contribution is -2.25. The van der Waals surface area contributed by atoms with Crippen LogP contribution < -0.4 is 5.73 Å². The Hall–Kier alpha value is -1.42. The molecule has 2 rings (SSSR count). The second-order valence-electron chi connectivity index (χ2n) is 4.46. The van der Waals surface area contributed by atoms with E-state index >= 15 is 0 Å². The summed E-state index contributed by atoms with van der Waals surface area (Å²) in [5.74, 6) is 0.528. The molecule has 1 saturated carbocycles. The summed E-state index contributed by atoms with van der Waals surface area (Å²) in [5.41, 5.74) is 7.22. The molecule has 86 valence electrons. The number of hydrogen-bond donors (Lipinski definition) is 1. The fourth-order valence-electron chi connectivity index (χ4n) is 2.32. The molecule has 0 bridgehead atoms. The Kier molecular flexibility index (Phi) is 3.19. The first-order valence-corrected chi connectivity index (χ1v) is 5.67. The number of benzene rings is 1. The van der Waals surface area contributed by atoms with Crippen molar-refractivity contribution in [3.8, 4) is 0 Å². The van der Waals surface area contributed by atoms with Crippen molar-refractivity contribution in [2.24, 2.45) is 5.73 Å². The van der Waals surface area contributed by atoms with Crippen molar-refractivity contribution in [3.05, 3.63) is 39.9 Å². The topological polar surface area (TPSA) is 69.2 Å². The highest BCUT2D eigenvalue weighted by atomic mass is 16.6. The molecule has 0 radical (unpaired) electrons. The fourth-order valence-corrected chi connectivity index (χ4v) is 2.32. The fraction of sp³-hybridized carbons (Fsp3) is 0.500. The van der Waals surface area contributed by atoms with E-state index in [0.29, 0.717) is 12.0 Å². The average molecular weight is 220 g/mol. The summed E-state index contributed by atoms with van der Waals surface area (Å²) < 4.78 is 0. The molecule has 0 heterocycles. The summed E-state index contributed by atoms with van der Waals surface area (Å²) in [7, 11) is 0. The molecule has 0 atom stereocenters. The van der Waals surface area contributed by atoms with Crippen molar-refractivity contribution in [3.63, 3.8) is 0 Å². The minimum atomic E-state index is -0.361. The monoisotopic (exact) mass is 220 g/mol. The molecule has 1 aromatic carbocycles. The largest absolute Gasteiger partial charge is 0.328 e. The Morgan fingerprint density at radius 2 is 1.69 bits per heavy atom. The molecule has 16 heavy (non-hydrogen) atoms. The van der Waals surface area contributed by atoms with E-state index in [9.17, 15) is 10.1 Å². The number of nitro benzene ring substituents is 1. The summed E-state index contributed by atoms with van der Waals surface area (Å²) in [6.07, 6.45) is 4.31. The van der Waals surface area contributed by atoms with Crippen LogP contribution >= 0.6 is 0 Å². The minimum absolute atomic E-state index is 0.163. The highest BCUT2D eigenvalue weighted by molar-refractivity contribution is 5.34. The van der Waals surface area contributed by atoms with Crippen LogP contribution in [0.2, 0.25) is 0 Å². The van der Waals surface area contributed by atoms with Gasteiger partial charge in [0.1, 0.15) is 0 Å². The lowest BCUT2D eigenvalue weighted by molar-refractivity contribution is -0.384. The zero-order valence-corrected chi connectivity index (χ0v) is 9.13. The molecule has 0 unspecified atom stereocenters. The normalized spacial score (nSPS) is 25.3. The van der Waals surface area contributed by atoms with Crippen LogP contribution in [0.5, 0.6) is 0 Å². The van der Waals surface area contributed by atoms with Crippen LogP contribution in [0.25, 0.3) is 0 Å². The summed E-state index contributed by atoms with van der Waals surface area (Å²) >= 11 is 0. The van der Waals surface area contributed by atoms with E-state index in [4.69, 9.17) is 5.73 Å². The molecule has 1 aliphatic carbocycles. The van der Waals surface area contributed by atoms with Crippen LogP contribution in [0.15, 0.2) is 24.3 Å². The van der Waals surface area contributed by atoms with Gasteiger partial charge in [0.15, 0.2) is 0 Å². The van der Waals surface area contributed by atoms with E-state index < -0.39 is 0 Å². The number of hydrogen-bond acceptors (Lipinski definition) is 3. The van der Waals surface area contributed by atoms with Gasteiger partial charge in [-0.3, -0.25) is 10.1 Å². The Morgan fingerprint density at radius 3 is 2.19 bits per heavy atom. The molecule has 4 heteroatoms. The highest BCUT2D eigenvalue weighted by Crippen LogP contribution is 2.32. The molecule has 0 aromatic heterocycles. The van der Waals surface area contributed by atoms with Crippen LogP contribution in [-0.2, 0) is 0 Å². The van der Waals surface area contributed by atoms with E-state index in [0.717, 1.165) is 25.7 Å². The first kappa shape index (κ1) is 11.1. The zero-order valence-electron chi connectivity index (χ0n) is 9.13. The van der Waals surface area contributed by atoms with Crippen LogP contribution in [0, 0.1) is 10.1 Å². The molecule has 0 aliphatic heterocycles. The van der Waals surface area contributed by atoms with E-state index in [-0.39, 0.29) is 10.6 Å². The minimum Gasteiger partial charge on any atom is -0.328 e. The molecule has 1 aromatic rings. The molecule has 2 N–H and O–H groups in total. The van der Waals surface area contributed by atoms with Crippen LogP contribution in [-0.4, -0.2) is 11.0 Å². The van der Waals surface area contributed by atoms with E-state index in [1.54, 1.807) is 12.1 Å². The van der Waals surface area contributed by atoms with Gasteiger partial charge in [-0.1, -0.05) is 12.1 Å². The van der Waals surface area contributed by atoms with Crippen molar-refractivity contribution in [1.82, 2.24) is 0 Å². The second kappa shape index (κ2) is 4.61. The van der Waals surface area contributed by atoms with Gasteiger partial charge in [-0.15, -0.1) is 0 Å². The van der Waals surface area contributed by atoms with Gasteiger partial charge < -0.3 is 5.73 Å². The van der Waals surface area contributed by atoms with Gasteiger partial charge in [0.25, 0.3) is 5.69 Å². The molecule has 4 nitrogen and oxygen atoms in total. The van der Waals surface area contributed by atoms with Gasteiger partial charge in [0, 0.05) is 18.2 Å². The maximum absolute atomic E-state index is 10.5. The predicted molar refractivity (Wildman–Crippen MR) is 62.3 cm³/mol. The lowest BCUT2D eigenvalue weighted by atomic mass is 9.82. The van der Waals surface area contributed by atoms with Gasteiger partial charge in [-0.2, -0.15) is 0 Å². The smallest absolute Gasteiger partial charge is 0.269 e. The predicted octanol–water partition coefficient (Wildman–Crippen LogP) is 2.58. The average Bonchev–Trinajstić information content (AvgIpc) is 2.30. The molecule has 1 fully saturated rings. The van der Waals surface area contributed by atoms with Crippen molar-refractivity contribution < 1.29 is 4.92 Å². The Labute approximate surface area is 94.6 Å². The van der Waals surface area contributed by atoms with Gasteiger partial charge in [-0.05, 0) is 37.2 Å². The molecular weight excluding hydrogens is 204 g/mol. The lowest BCUT2D eigenvalue weighted by Gasteiger charge is -2.26. The standard InChI is InChI=1S/C12H16N2O2/c13-11-5-1-9(2-6-11)10-3-7-12(8-4-10)14(15)16/h3-4,7-9,11H,1-2,5-6,13H2. The van der Waals surface area contributed by atoms with Crippen molar-refractivity contribution >= 4 is 5.69 Å². The van der Waals surface area contributed by atoms with E-state index in [1.807, 2.05) is 12.1 Å². The van der Waals surface area contributed by atoms with Crippen molar-refractivity contribution in [2.45, 2.75) is 37.6 Å². The second-order valence-corrected chi connectivity index (χ2v) is 4.46. The Morgan fingerprint density at radius 1 is 1.12 bits per heavy atom. The number of nitrogens with zero attached hydrogens (tertiary/aromatic N) is 1. The third-order valence-electron chi connectivity index (χ3n) is 3.35. The zero-order chi connectivity index (χ0) is 11.5. The summed E-state index contributed by atoms with van der Waals surface area (Å²) in [5, 5.41) is 10.5. The van der Waals surface area contributed by atoms with Gasteiger partial charge >= 0.3 is 0 Å². The summed E-state index contributed by atoms with van der Waals surface area (Å²) in [6.45, 7) is 0. The van der Waals surface area contributed by atoms with E-state index in [2.05, 4.69) is 0 Å². The molecular formula is C12H16N2O2. The summed E-state index contributed by atoms with van der Waals surface area (Å²) in [4.78, 5) is 10.2. The van der Waals surface area contributed by atoms with Crippen molar-refractivity contribution in [1.29, 1.82) is 0 Å². The third kappa shape index (κ3) is 2.39. The van der Waals surface area contributed by atoms with Crippen LogP contribution in [0.4, 0.5) is 5.69 Å². The van der Waals surface area contributed by atoms with E-state index in [1.165, 1.54) is 5.56 Å². The van der Waals surface area contributed by atoms with Gasteiger partial charge in [0.2, 0.25) is 0 Å². The molecule has 0 spiro atoms. The molecule has 0 saturated heterocycles. The number of nitro groups is 1. The van der Waals surface area contributed by atoms with Crippen LogP contribution in [0.3, 0.4) is 0 Å². The quantitative estimate of drug-likeness (QED) is 0.615. The van der Waals surface area contributed by atoms with Crippen LogP contribution in [0.1, 0.15) is 37.2 Å². The maximum Gasteiger partial charge on any atom is 0.269 e. The highest BCUT2D eigenvalue weighted by Gasteiger charge is 2.20. The molecule has 1 aliphatic rings. The molecule has 0 amide bonds. The van der Waals surface area contributed by atoms with Crippen molar-refractivity contribution in [2.75, 3.05) is 0 Å². The number of rotatable bonds is 2. The Balaban J connectivity index is 2.07. The third-order valence-corrected chi connectivity index (χ3v) is 3.35. The first-order valence-electron chi connectivity index (χ1n) is 5.67. The Bertz CT molecular complexity index is 367. The summed E-state index contributed by atoms with van der Waals surface area (Å²) in [6, 6.07) is 7.27. The first-order chi connectivity index (χ1) is 7.66. The van der Waals surface area contributed by atoms with Gasteiger partial charge in [-0.25, -0.2) is 0 Å². The number of nitrogens with two attached hydrogens (primary N) is 1. The SMILES string of the molecule is NC1CCC(c2ccc([N+](=O)[O-])cc2)CC1. The maximum atomic E-state index is 10.5.